The Bertz CT molecular complexity index is 3420. The summed E-state index contributed by atoms with van der Waals surface area (Å²) in [6.45, 7) is 9.73. The van der Waals surface area contributed by atoms with Crippen molar-refractivity contribution in [2.24, 2.45) is 27.7 Å². The number of carbonyl (C=O) groups is 7. The van der Waals surface area contributed by atoms with E-state index in [4.69, 9.17) is 31.5 Å². The molecule has 85 heavy (non-hydrogen) atoms. The molecular formula is C63H70BFN8O12. The Morgan fingerprint density at radius 2 is 1.35 bits per heavy atom. The van der Waals surface area contributed by atoms with Crippen LogP contribution in [0.5, 0.6) is 28.7 Å². The number of anilines is 1. The number of ether oxygens (including phenoxy) is 5. The molecule has 9 rings (SSSR count). The van der Waals surface area contributed by atoms with Gasteiger partial charge in [-0.3, -0.25) is 48.4 Å². The van der Waals surface area contributed by atoms with Crippen molar-refractivity contribution in [1.29, 1.82) is 0 Å². The van der Waals surface area contributed by atoms with E-state index in [-0.39, 0.29) is 91.2 Å². The van der Waals surface area contributed by atoms with Gasteiger partial charge in [0.2, 0.25) is 29.5 Å². The van der Waals surface area contributed by atoms with Gasteiger partial charge in [-0.1, -0.05) is 52.3 Å². The summed E-state index contributed by atoms with van der Waals surface area (Å²) in [6, 6.07) is 15.9. The number of amides is 7. The third-order valence-electron chi connectivity index (χ3n) is 15.8. The molecule has 0 aromatic heterocycles. The van der Waals surface area contributed by atoms with Gasteiger partial charge < -0.3 is 49.4 Å². The minimum atomic E-state index is -1.31. The molecule has 4 unspecified atom stereocenters. The Morgan fingerprint density at radius 1 is 0.706 bits per heavy atom. The molecule has 20 nitrogen and oxygen atoms in total. The number of fused-ring (bicyclic) bond motifs is 4. The van der Waals surface area contributed by atoms with E-state index >= 15 is 0 Å². The van der Waals surface area contributed by atoms with E-state index < -0.39 is 41.1 Å². The van der Waals surface area contributed by atoms with Gasteiger partial charge in [-0.05, 0) is 96.7 Å². The summed E-state index contributed by atoms with van der Waals surface area (Å²) < 4.78 is 43.2. The highest BCUT2D eigenvalue weighted by Gasteiger charge is 2.43. The summed E-state index contributed by atoms with van der Waals surface area (Å²) in [5, 5.41) is 8.35. The van der Waals surface area contributed by atoms with E-state index in [9.17, 15) is 38.0 Å². The summed E-state index contributed by atoms with van der Waals surface area (Å²) in [6.07, 6.45) is 9.86. The van der Waals surface area contributed by atoms with Gasteiger partial charge in [0.1, 0.15) is 19.9 Å². The van der Waals surface area contributed by atoms with E-state index in [1.165, 1.54) is 43.4 Å². The number of halogens is 1. The predicted octanol–water partition coefficient (Wildman–Crippen LogP) is 8.31. The zero-order valence-corrected chi connectivity index (χ0v) is 49.0. The first-order valence-corrected chi connectivity index (χ1v) is 28.6. The standard InChI is InChI=1S/C63H70BFN8O12/c1-35(2)44-27-56(75)71(60(44)78)20-11-9-10-13-55(74)70-57(36(3)4)59(77)68-37(5)58(76)69-42-17-14-38(15-18-42)41-30-63(64)34-67-49-29-54(52(83-8)26-46(49)62(80)73(63)33-41)85-22-12-21-84-53-28-48-45(25-51(53)82-7)61(79)72-32-40(23-43(72)31-66-48)39-16-19-50(81-6)47(65)24-39/h14-19,24-26,28-29,31-37,43-44,57H,9-13,20-23,27,30H2,1-8H3,(H,68,77)(H,69,76)(H,70,74)/t37?,43?,44?,57?,63-/m0/s1. The van der Waals surface area contributed by atoms with Crippen LogP contribution in [0.3, 0.4) is 0 Å². The second-order valence-electron chi connectivity index (χ2n) is 22.4. The zero-order valence-electron chi connectivity index (χ0n) is 49.0. The van der Waals surface area contributed by atoms with E-state index in [0.29, 0.717) is 89.8 Å². The molecule has 444 valence electrons. The van der Waals surface area contributed by atoms with Crippen molar-refractivity contribution >= 4 is 89.8 Å². The van der Waals surface area contributed by atoms with Crippen molar-refractivity contribution in [2.45, 2.75) is 110 Å². The highest BCUT2D eigenvalue weighted by molar-refractivity contribution is 6.29. The fourth-order valence-corrected chi connectivity index (χ4v) is 10.9. The normalized spacial score (nSPS) is 19.3. The highest BCUT2D eigenvalue weighted by Crippen LogP contribution is 2.44. The van der Waals surface area contributed by atoms with Crippen LogP contribution in [0.25, 0.3) is 11.1 Å². The number of hydrogen-bond donors (Lipinski definition) is 3. The average molecular weight is 1160 g/mol. The molecule has 7 amide bonds. The number of likely N-dealkylation sites (tertiary alicyclic amines) is 1. The van der Waals surface area contributed by atoms with E-state index in [0.717, 1.165) is 16.7 Å². The molecule has 4 aromatic rings. The third kappa shape index (κ3) is 13.3. The molecule has 0 aliphatic carbocycles. The molecule has 5 heterocycles. The van der Waals surface area contributed by atoms with Gasteiger partial charge in [0, 0.05) is 86.2 Å². The fourth-order valence-electron chi connectivity index (χ4n) is 10.9. The zero-order chi connectivity index (χ0) is 60.9. The van der Waals surface area contributed by atoms with Gasteiger partial charge in [-0.2, -0.15) is 0 Å². The second kappa shape index (κ2) is 26.0. The predicted molar refractivity (Wildman–Crippen MR) is 318 cm³/mol. The smallest absolute Gasteiger partial charge is 0.260 e. The molecule has 0 spiro atoms. The highest BCUT2D eigenvalue weighted by atomic mass is 19.1. The molecule has 1 fully saturated rings. The Morgan fingerprint density at radius 3 is 1.98 bits per heavy atom. The van der Waals surface area contributed by atoms with Crippen LogP contribution in [-0.2, 0) is 24.0 Å². The van der Waals surface area contributed by atoms with Crippen molar-refractivity contribution in [3.8, 4) is 28.7 Å². The van der Waals surface area contributed by atoms with Gasteiger partial charge in [-0.15, -0.1) is 0 Å². The molecule has 3 N–H and O–H groups in total. The summed E-state index contributed by atoms with van der Waals surface area (Å²) in [5.41, 5.74) is 3.40. The van der Waals surface area contributed by atoms with Crippen LogP contribution < -0.4 is 39.6 Å². The molecule has 5 aliphatic heterocycles. The molecule has 1 saturated heterocycles. The van der Waals surface area contributed by atoms with Gasteiger partial charge in [0.25, 0.3) is 11.8 Å². The molecular weight excluding hydrogens is 1090 g/mol. The first-order valence-electron chi connectivity index (χ1n) is 28.6. The van der Waals surface area contributed by atoms with Crippen molar-refractivity contribution in [2.75, 3.05) is 46.4 Å². The van der Waals surface area contributed by atoms with Gasteiger partial charge in [0.05, 0.1) is 63.1 Å². The molecule has 0 saturated carbocycles. The maximum absolute atomic E-state index is 14.5. The van der Waals surface area contributed by atoms with Crippen LogP contribution in [0.15, 0.2) is 89.1 Å². The summed E-state index contributed by atoms with van der Waals surface area (Å²) in [7, 11) is 11.3. The van der Waals surface area contributed by atoms with E-state index in [2.05, 4.69) is 25.9 Å². The number of carbonyl (C=O) groups excluding carboxylic acids is 7. The van der Waals surface area contributed by atoms with E-state index in [1.54, 1.807) is 105 Å². The number of rotatable bonds is 24. The van der Waals surface area contributed by atoms with Crippen molar-refractivity contribution in [3.63, 3.8) is 0 Å². The van der Waals surface area contributed by atoms with Crippen LogP contribution in [0.1, 0.15) is 118 Å². The summed E-state index contributed by atoms with van der Waals surface area (Å²) in [4.78, 5) is 106. The van der Waals surface area contributed by atoms with Crippen LogP contribution in [0.2, 0.25) is 0 Å². The molecule has 2 radical (unpaired) electrons. The number of nitrogens with one attached hydrogen (secondary N) is 3. The maximum atomic E-state index is 14.5. The number of hydrogen-bond acceptors (Lipinski definition) is 14. The summed E-state index contributed by atoms with van der Waals surface area (Å²) >= 11 is 0. The lowest BCUT2D eigenvalue weighted by atomic mass is 9.74. The first kappa shape index (κ1) is 60.8. The molecule has 0 bridgehead atoms. The first-order chi connectivity index (χ1) is 40.7. The van der Waals surface area contributed by atoms with Crippen LogP contribution in [0, 0.1) is 23.6 Å². The number of aliphatic imine (C=N–C) groups is 2. The monoisotopic (exact) mass is 1160 g/mol. The SMILES string of the molecule is [B][C@]12C=Nc3cc(OCCCOc4cc5c(cc4OC)C(=O)N4C=C(c6ccc(OC)c(F)c6)CC4C=N5)c(OC)cc3C(=O)N1C=C(c1ccc(NC(=O)C(C)NC(=O)C(NC(=O)CCCCCN3C(=O)CC(C(C)C)C3=O)C(C)C)cc1)C2. The van der Waals surface area contributed by atoms with E-state index in [1.807, 2.05) is 13.8 Å². The topological polar surface area (TPSA) is 236 Å². The van der Waals surface area contributed by atoms with Crippen molar-refractivity contribution in [1.82, 2.24) is 25.3 Å². The fraction of sp³-hybridized carbons (Fsp3) is 0.413. The maximum Gasteiger partial charge on any atom is 0.260 e. The van der Waals surface area contributed by atoms with Crippen molar-refractivity contribution in [3.05, 3.63) is 107 Å². The second-order valence-corrected chi connectivity index (χ2v) is 22.4. The van der Waals surface area contributed by atoms with Gasteiger partial charge in [0.15, 0.2) is 34.6 Å². The average Bonchev–Trinajstić information content (AvgIpc) is 1.93. The largest absolute Gasteiger partial charge is 0.494 e. The lowest BCUT2D eigenvalue weighted by Crippen LogP contribution is -2.53. The number of nitrogens with zero attached hydrogens (tertiary/aromatic N) is 5. The summed E-state index contributed by atoms with van der Waals surface area (Å²) in [5.74, 6) is -1.71. The van der Waals surface area contributed by atoms with Gasteiger partial charge in [-0.25, -0.2) is 4.39 Å². The lowest BCUT2D eigenvalue weighted by molar-refractivity contribution is -0.140. The number of methoxy groups -OCH3 is 3. The minimum absolute atomic E-state index is 0.0939. The number of unbranched alkanes of at least 4 members (excludes halogenated alkanes) is 2. The molecule has 5 atom stereocenters. The number of benzene rings is 4. The third-order valence-corrected chi connectivity index (χ3v) is 15.8. The molecule has 5 aliphatic rings. The quantitative estimate of drug-likeness (QED) is 0.0341. The lowest BCUT2D eigenvalue weighted by Gasteiger charge is -2.30. The van der Waals surface area contributed by atoms with Crippen molar-refractivity contribution < 1.29 is 61.6 Å². The van der Waals surface area contributed by atoms with Crippen LogP contribution in [-0.4, -0.2) is 141 Å². The Hall–Kier alpha value is -8.82. The Labute approximate surface area is 494 Å². The van der Waals surface area contributed by atoms with Crippen LogP contribution in [0.4, 0.5) is 21.5 Å². The Kier molecular flexibility index (Phi) is 18.6. The van der Waals surface area contributed by atoms with Crippen LogP contribution >= 0.6 is 0 Å². The molecule has 4 aromatic carbocycles. The number of imide groups is 1. The molecule has 22 heteroatoms. The Balaban J connectivity index is 0.743. The minimum Gasteiger partial charge on any atom is -0.494 e. The van der Waals surface area contributed by atoms with Gasteiger partial charge >= 0.3 is 0 Å².